The van der Waals surface area contributed by atoms with E-state index in [0.717, 1.165) is 17.3 Å². The van der Waals surface area contributed by atoms with Crippen LogP contribution in [0.5, 0.6) is 0 Å². The van der Waals surface area contributed by atoms with Crippen molar-refractivity contribution < 1.29 is 9.47 Å². The molecule has 1 aromatic rings. The lowest BCUT2D eigenvalue weighted by atomic mass is 9.75. The van der Waals surface area contributed by atoms with Crippen LogP contribution in [0.25, 0.3) is 0 Å². The second kappa shape index (κ2) is 5.11. The van der Waals surface area contributed by atoms with E-state index < -0.39 is 0 Å². The molecule has 0 aliphatic carbocycles. The highest BCUT2D eigenvalue weighted by atomic mass is 79.9. The van der Waals surface area contributed by atoms with Gasteiger partial charge in [-0.2, -0.15) is 0 Å². The van der Waals surface area contributed by atoms with Gasteiger partial charge in [-0.25, -0.2) is 0 Å². The van der Waals surface area contributed by atoms with Crippen molar-refractivity contribution in [1.29, 1.82) is 0 Å². The summed E-state index contributed by atoms with van der Waals surface area (Å²) in [4.78, 5) is 0. The Hall–Kier alpha value is -0.380. The Morgan fingerprint density at radius 1 is 1.35 bits per heavy atom. The average molecular weight is 339 g/mol. The van der Waals surface area contributed by atoms with E-state index in [0.29, 0.717) is 12.5 Å². The molecule has 3 atom stereocenters. The van der Waals surface area contributed by atoms with Gasteiger partial charge in [-0.1, -0.05) is 48.0 Å². The van der Waals surface area contributed by atoms with Crippen LogP contribution in [-0.4, -0.2) is 17.3 Å². The summed E-state index contributed by atoms with van der Waals surface area (Å²) in [6, 6.07) is 8.26. The molecule has 20 heavy (non-hydrogen) atoms. The summed E-state index contributed by atoms with van der Waals surface area (Å²) in [6.07, 6.45) is 3.54. The smallest absolute Gasteiger partial charge is 0.0924 e. The maximum Gasteiger partial charge on any atom is 0.0924 e. The summed E-state index contributed by atoms with van der Waals surface area (Å²) >= 11 is 3.58. The molecule has 0 amide bonds. The Kier molecular flexibility index (Phi) is 3.72. The number of fused-ring (bicyclic) bond motifs is 2. The van der Waals surface area contributed by atoms with Gasteiger partial charge in [0, 0.05) is 10.9 Å². The molecule has 2 aliphatic rings. The lowest BCUT2D eigenvalue weighted by Crippen LogP contribution is -2.38. The molecule has 110 valence electrons. The zero-order chi connectivity index (χ0) is 14.4. The summed E-state index contributed by atoms with van der Waals surface area (Å²) in [7, 11) is 0. The molecule has 3 unspecified atom stereocenters. The highest BCUT2D eigenvalue weighted by Crippen LogP contribution is 2.55. The van der Waals surface area contributed by atoms with Crippen molar-refractivity contribution in [3.8, 4) is 0 Å². The fourth-order valence-electron chi connectivity index (χ4n) is 3.61. The first-order valence-corrected chi connectivity index (χ1v) is 8.30. The van der Waals surface area contributed by atoms with Crippen LogP contribution < -0.4 is 0 Å². The minimum Gasteiger partial charge on any atom is -0.370 e. The van der Waals surface area contributed by atoms with Crippen molar-refractivity contribution in [3.05, 3.63) is 34.3 Å². The molecule has 0 N–H and O–H groups in total. The lowest BCUT2D eigenvalue weighted by molar-refractivity contribution is -0.0960. The van der Waals surface area contributed by atoms with Crippen molar-refractivity contribution in [2.24, 2.45) is 5.92 Å². The first-order valence-electron chi connectivity index (χ1n) is 7.50. The second-order valence-corrected chi connectivity index (χ2v) is 7.58. The van der Waals surface area contributed by atoms with Gasteiger partial charge in [-0.15, -0.1) is 0 Å². The van der Waals surface area contributed by atoms with Crippen LogP contribution >= 0.6 is 15.9 Å². The normalized spacial score (nSPS) is 36.0. The molecule has 1 aromatic carbocycles. The summed E-state index contributed by atoms with van der Waals surface area (Å²) in [6.45, 7) is 7.40. The molecule has 2 saturated heterocycles. The van der Waals surface area contributed by atoms with Crippen molar-refractivity contribution in [2.45, 2.75) is 63.9 Å². The van der Waals surface area contributed by atoms with Gasteiger partial charge in [0.25, 0.3) is 0 Å². The maximum atomic E-state index is 6.40. The van der Waals surface area contributed by atoms with Crippen LogP contribution in [0.15, 0.2) is 28.7 Å². The predicted molar refractivity (Wildman–Crippen MR) is 83.6 cm³/mol. The largest absolute Gasteiger partial charge is 0.370 e. The van der Waals surface area contributed by atoms with Gasteiger partial charge in [-0.3, -0.25) is 0 Å². The molecule has 0 aromatic heterocycles. The molecule has 0 saturated carbocycles. The zero-order valence-electron chi connectivity index (χ0n) is 12.5. The van der Waals surface area contributed by atoms with Crippen molar-refractivity contribution in [2.75, 3.05) is 0 Å². The molecule has 0 spiro atoms. The van der Waals surface area contributed by atoms with Gasteiger partial charge in [0.05, 0.1) is 23.9 Å². The van der Waals surface area contributed by atoms with E-state index in [1.807, 2.05) is 6.07 Å². The number of ether oxygens (including phenoxy) is 2. The molecule has 3 rings (SSSR count). The molecular formula is C17H23BrO2. The molecular weight excluding hydrogens is 316 g/mol. The Balaban J connectivity index is 1.69. The van der Waals surface area contributed by atoms with Gasteiger partial charge in [0.2, 0.25) is 0 Å². The third kappa shape index (κ3) is 2.34. The first kappa shape index (κ1) is 14.6. The van der Waals surface area contributed by atoms with E-state index >= 15 is 0 Å². The summed E-state index contributed by atoms with van der Waals surface area (Å²) in [5.41, 5.74) is 1.16. The van der Waals surface area contributed by atoms with E-state index in [-0.39, 0.29) is 17.3 Å². The fraction of sp³-hybridized carbons (Fsp3) is 0.647. The van der Waals surface area contributed by atoms with E-state index in [1.54, 1.807) is 0 Å². The molecule has 2 bridgehead atoms. The van der Waals surface area contributed by atoms with E-state index in [1.165, 1.54) is 12.0 Å². The zero-order valence-corrected chi connectivity index (χ0v) is 14.1. The highest BCUT2D eigenvalue weighted by molar-refractivity contribution is 9.10. The molecule has 2 fully saturated rings. The minimum atomic E-state index is -0.0917. The van der Waals surface area contributed by atoms with Crippen molar-refractivity contribution in [1.82, 2.24) is 0 Å². The first-order chi connectivity index (χ1) is 9.45. The molecule has 2 nitrogen and oxygen atoms in total. The quantitative estimate of drug-likeness (QED) is 0.791. The molecule has 3 heteroatoms. The summed E-state index contributed by atoms with van der Waals surface area (Å²) < 4.78 is 13.7. The molecule has 2 aliphatic heterocycles. The molecule has 2 heterocycles. The number of hydrogen-bond acceptors (Lipinski definition) is 2. The highest BCUT2D eigenvalue weighted by Gasteiger charge is 2.60. The van der Waals surface area contributed by atoms with Crippen LogP contribution in [0.4, 0.5) is 0 Å². The second-order valence-electron chi connectivity index (χ2n) is 6.73. The Morgan fingerprint density at radius 3 is 2.75 bits per heavy atom. The average Bonchev–Trinajstić information content (AvgIpc) is 2.90. The summed E-state index contributed by atoms with van der Waals surface area (Å²) in [5, 5.41) is 0. The SMILES string of the molecule is CC(C)C12CCC(C)(O1)C(OCc1ccccc1Br)C2. The van der Waals surface area contributed by atoms with Crippen molar-refractivity contribution in [3.63, 3.8) is 0 Å². The predicted octanol–water partition coefficient (Wildman–Crippen LogP) is 4.70. The van der Waals surface area contributed by atoms with Crippen LogP contribution in [0, 0.1) is 5.92 Å². The van der Waals surface area contributed by atoms with Gasteiger partial charge in [0.1, 0.15) is 0 Å². The number of hydrogen-bond donors (Lipinski definition) is 0. The monoisotopic (exact) mass is 338 g/mol. The van der Waals surface area contributed by atoms with Gasteiger partial charge < -0.3 is 9.47 Å². The van der Waals surface area contributed by atoms with E-state index in [9.17, 15) is 0 Å². The minimum absolute atomic E-state index is 0.0489. The third-order valence-corrected chi connectivity index (χ3v) is 5.92. The standard InChI is InChI=1S/C17H23BrO2/c1-12(2)17-9-8-16(3,20-17)15(10-17)19-11-13-6-4-5-7-14(13)18/h4-7,12,15H,8-11H2,1-3H3. The number of halogens is 1. The van der Waals surface area contributed by atoms with Crippen LogP contribution in [0.1, 0.15) is 45.6 Å². The third-order valence-electron chi connectivity index (χ3n) is 5.14. The Morgan fingerprint density at radius 2 is 2.10 bits per heavy atom. The van der Waals surface area contributed by atoms with Gasteiger partial charge in [-0.05, 0) is 37.3 Å². The van der Waals surface area contributed by atoms with Gasteiger partial charge >= 0.3 is 0 Å². The van der Waals surface area contributed by atoms with E-state index in [4.69, 9.17) is 9.47 Å². The fourth-order valence-corrected chi connectivity index (χ4v) is 4.01. The van der Waals surface area contributed by atoms with Crippen LogP contribution in [-0.2, 0) is 16.1 Å². The number of benzene rings is 1. The number of rotatable bonds is 4. The van der Waals surface area contributed by atoms with Gasteiger partial charge in [0.15, 0.2) is 0 Å². The van der Waals surface area contributed by atoms with Crippen molar-refractivity contribution >= 4 is 15.9 Å². The summed E-state index contributed by atoms with van der Waals surface area (Å²) in [5.74, 6) is 0.557. The maximum absolute atomic E-state index is 6.40. The Bertz CT molecular complexity index is 502. The van der Waals surface area contributed by atoms with Crippen LogP contribution in [0.3, 0.4) is 0 Å². The lowest BCUT2D eigenvalue weighted by Gasteiger charge is -2.31. The molecule has 0 radical (unpaired) electrons. The van der Waals surface area contributed by atoms with Crippen LogP contribution in [0.2, 0.25) is 0 Å². The van der Waals surface area contributed by atoms with E-state index in [2.05, 4.69) is 54.9 Å². The topological polar surface area (TPSA) is 18.5 Å². The Labute approximate surface area is 130 Å².